The average molecular weight is 512 g/mol. The van der Waals surface area contributed by atoms with Crippen molar-refractivity contribution in [2.24, 2.45) is 0 Å². The molecule has 1 saturated heterocycles. The summed E-state index contributed by atoms with van der Waals surface area (Å²) < 4.78 is 15.7. The van der Waals surface area contributed by atoms with Gasteiger partial charge in [-0.25, -0.2) is 9.59 Å². The molecule has 1 fully saturated rings. The molecule has 34 heavy (non-hydrogen) atoms. The van der Waals surface area contributed by atoms with Crippen LogP contribution in [0.1, 0.15) is 12.8 Å². The molecule has 0 aromatic heterocycles. The molecule has 0 radical (unpaired) electrons. The average Bonchev–Trinajstić information content (AvgIpc) is 2.78. The van der Waals surface area contributed by atoms with Crippen LogP contribution in [0, 0.1) is 0 Å². The van der Waals surface area contributed by atoms with Crippen LogP contribution in [0.4, 0.5) is 0 Å². The summed E-state index contributed by atoms with van der Waals surface area (Å²) in [6.07, 6.45) is -3.84. The number of nitrogens with one attached hydrogen (secondary N) is 3. The summed E-state index contributed by atoms with van der Waals surface area (Å²) in [7, 11) is 1.51. The van der Waals surface area contributed by atoms with Crippen molar-refractivity contribution in [2.75, 3.05) is 45.4 Å². The van der Waals surface area contributed by atoms with Crippen molar-refractivity contribution in [3.63, 3.8) is 0 Å². The van der Waals surface area contributed by atoms with Crippen LogP contribution in [0.5, 0.6) is 0 Å². The minimum absolute atomic E-state index is 0.00420. The van der Waals surface area contributed by atoms with E-state index in [0.29, 0.717) is 0 Å². The number of aliphatic hydroxyl groups is 2. The number of carboxylic acid groups (broad SMARTS) is 2. The summed E-state index contributed by atoms with van der Waals surface area (Å²) in [5.74, 6) is -3.29. The van der Waals surface area contributed by atoms with Gasteiger partial charge in [-0.2, -0.15) is 11.8 Å². The Balaban J connectivity index is 2.24. The number of hydrogen-bond acceptors (Lipinski definition) is 11. The Morgan fingerprint density at radius 2 is 1.82 bits per heavy atom. The van der Waals surface area contributed by atoms with Gasteiger partial charge in [0.15, 0.2) is 12.4 Å². The largest absolute Gasteiger partial charge is 0.480 e. The molecule has 1 heterocycles. The van der Waals surface area contributed by atoms with Gasteiger partial charge in [0.25, 0.3) is 0 Å². The molecule has 7 N–H and O–H groups in total. The molecule has 0 aromatic carbocycles. The fraction of sp³-hybridized carbons (Fsp3) is 0.789. The Hall–Kier alpha value is -2.01. The first-order valence-corrected chi connectivity index (χ1v) is 11.9. The second kappa shape index (κ2) is 15.8. The third-order valence-corrected chi connectivity index (χ3v) is 5.47. The van der Waals surface area contributed by atoms with Crippen LogP contribution in [0.15, 0.2) is 0 Å². The highest BCUT2D eigenvalue weighted by Gasteiger charge is 2.41. The van der Waals surface area contributed by atoms with E-state index in [2.05, 4.69) is 16.0 Å². The molecular weight excluding hydrogens is 478 g/mol. The van der Waals surface area contributed by atoms with E-state index in [4.69, 9.17) is 24.4 Å². The Morgan fingerprint density at radius 1 is 1.12 bits per heavy atom. The first-order chi connectivity index (χ1) is 16.1. The van der Waals surface area contributed by atoms with Gasteiger partial charge in [0.2, 0.25) is 11.8 Å². The quantitative estimate of drug-likeness (QED) is 0.103. The van der Waals surface area contributed by atoms with Crippen LogP contribution >= 0.6 is 11.8 Å². The molecule has 0 spiro atoms. The molecule has 0 bridgehead atoms. The fourth-order valence-corrected chi connectivity index (χ4v) is 3.46. The molecule has 14 nitrogen and oxygen atoms in total. The third-order valence-electron chi connectivity index (χ3n) is 4.80. The van der Waals surface area contributed by atoms with Crippen LogP contribution in [0.3, 0.4) is 0 Å². The van der Waals surface area contributed by atoms with Crippen LogP contribution < -0.4 is 16.0 Å². The topological polar surface area (TPSA) is 213 Å². The van der Waals surface area contributed by atoms with Crippen LogP contribution in [0.25, 0.3) is 0 Å². The number of hydrogen-bond donors (Lipinski definition) is 7. The zero-order valence-corrected chi connectivity index (χ0v) is 19.8. The summed E-state index contributed by atoms with van der Waals surface area (Å²) in [4.78, 5) is 46.4. The first-order valence-electron chi connectivity index (χ1n) is 10.5. The molecule has 6 atom stereocenters. The van der Waals surface area contributed by atoms with Gasteiger partial charge in [-0.05, 0) is 13.3 Å². The number of carboxylic acids is 2. The lowest BCUT2D eigenvalue weighted by molar-refractivity contribution is -0.253. The Bertz CT molecular complexity index is 684. The molecule has 0 saturated carbocycles. The molecule has 1 rings (SSSR count). The van der Waals surface area contributed by atoms with E-state index in [9.17, 15) is 29.4 Å². The normalized spacial score (nSPS) is 24.1. The van der Waals surface area contributed by atoms with E-state index >= 15 is 0 Å². The molecule has 1 aliphatic rings. The number of likely N-dealkylation sites (N-methyl/N-ethyl adjacent to an activating group) is 1. The SMILES string of the molecule is CN[C@@H](CNC(=O)CCOCCO[C@@H]1C[C@@H](O)C(O)C(C(=O)O)O1)C(=O)N[C@H](CSC)C(=O)O. The summed E-state index contributed by atoms with van der Waals surface area (Å²) in [5, 5.41) is 45.1. The maximum atomic E-state index is 12.2. The Morgan fingerprint density at radius 3 is 2.41 bits per heavy atom. The summed E-state index contributed by atoms with van der Waals surface area (Å²) in [6, 6.07) is -1.85. The van der Waals surface area contributed by atoms with Crippen molar-refractivity contribution in [1.82, 2.24) is 16.0 Å². The second-order valence-electron chi connectivity index (χ2n) is 7.35. The predicted molar refractivity (Wildman–Crippen MR) is 118 cm³/mol. The van der Waals surface area contributed by atoms with E-state index < -0.39 is 54.5 Å². The highest BCUT2D eigenvalue weighted by atomic mass is 32.2. The molecule has 15 heteroatoms. The maximum Gasteiger partial charge on any atom is 0.335 e. The first kappa shape index (κ1) is 30.0. The van der Waals surface area contributed by atoms with E-state index in [-0.39, 0.29) is 50.9 Å². The number of rotatable bonds is 16. The van der Waals surface area contributed by atoms with Gasteiger partial charge < -0.3 is 50.6 Å². The van der Waals surface area contributed by atoms with Crippen molar-refractivity contribution in [1.29, 1.82) is 0 Å². The summed E-state index contributed by atoms with van der Waals surface area (Å²) in [6.45, 7) is 0.0696. The Kier molecular flexibility index (Phi) is 14.0. The number of carbonyl (C=O) groups is 4. The van der Waals surface area contributed by atoms with E-state index in [1.54, 1.807) is 6.26 Å². The van der Waals surface area contributed by atoms with E-state index in [1.165, 1.54) is 18.8 Å². The molecule has 196 valence electrons. The van der Waals surface area contributed by atoms with Crippen molar-refractivity contribution in [3.05, 3.63) is 0 Å². The molecule has 2 unspecified atom stereocenters. The van der Waals surface area contributed by atoms with Crippen LogP contribution in [-0.2, 0) is 33.4 Å². The minimum atomic E-state index is -1.59. The molecular formula is C19H33N3O11S. The minimum Gasteiger partial charge on any atom is -0.480 e. The number of amides is 2. The van der Waals surface area contributed by atoms with Crippen LogP contribution in [-0.4, -0.2) is 126 Å². The zero-order chi connectivity index (χ0) is 25.7. The molecule has 0 aromatic rings. The van der Waals surface area contributed by atoms with Crippen LogP contribution in [0.2, 0.25) is 0 Å². The third kappa shape index (κ3) is 10.5. The number of aliphatic carboxylic acids is 2. The molecule has 2 amide bonds. The van der Waals surface area contributed by atoms with Crippen molar-refractivity contribution in [2.45, 2.75) is 49.5 Å². The number of aliphatic hydroxyl groups excluding tert-OH is 2. The maximum absolute atomic E-state index is 12.2. The van der Waals surface area contributed by atoms with Crippen molar-refractivity contribution < 1.29 is 53.8 Å². The monoisotopic (exact) mass is 511 g/mol. The van der Waals surface area contributed by atoms with Gasteiger partial charge in [0.05, 0.1) is 25.9 Å². The molecule has 0 aliphatic carbocycles. The number of carbonyl (C=O) groups excluding carboxylic acids is 2. The van der Waals surface area contributed by atoms with Crippen molar-refractivity contribution in [3.8, 4) is 0 Å². The van der Waals surface area contributed by atoms with Crippen molar-refractivity contribution >= 4 is 35.5 Å². The fourth-order valence-electron chi connectivity index (χ4n) is 2.90. The van der Waals surface area contributed by atoms with Gasteiger partial charge in [0.1, 0.15) is 18.2 Å². The lowest BCUT2D eigenvalue weighted by Crippen LogP contribution is -2.54. The highest BCUT2D eigenvalue weighted by Crippen LogP contribution is 2.21. The standard InChI is InChI=1S/C19H33N3O11S/c1-20-10(17(26)22-11(9-34-2)18(27)28)8-21-13(24)3-4-31-5-6-32-14-7-12(23)15(25)16(33-14)19(29)30/h10-12,14-16,20,23,25H,3-9H2,1-2H3,(H,21,24)(H,22,26)(H,27,28)(H,29,30)/t10-,11+,12+,14-,15?,16?/m0/s1. The summed E-state index contributed by atoms with van der Waals surface area (Å²) in [5.41, 5.74) is 0. The van der Waals surface area contributed by atoms with Gasteiger partial charge in [-0.1, -0.05) is 0 Å². The number of ether oxygens (including phenoxy) is 3. The van der Waals surface area contributed by atoms with E-state index in [1.807, 2.05) is 0 Å². The van der Waals surface area contributed by atoms with Gasteiger partial charge in [0, 0.05) is 25.1 Å². The zero-order valence-electron chi connectivity index (χ0n) is 19.0. The second-order valence-corrected chi connectivity index (χ2v) is 8.26. The number of thioether (sulfide) groups is 1. The van der Waals surface area contributed by atoms with Gasteiger partial charge >= 0.3 is 11.9 Å². The lowest BCUT2D eigenvalue weighted by Gasteiger charge is -2.34. The smallest absolute Gasteiger partial charge is 0.335 e. The predicted octanol–water partition coefficient (Wildman–Crippen LogP) is -3.03. The highest BCUT2D eigenvalue weighted by molar-refractivity contribution is 7.98. The van der Waals surface area contributed by atoms with E-state index in [0.717, 1.165) is 0 Å². The Labute approximate surface area is 200 Å². The van der Waals surface area contributed by atoms with Gasteiger partial charge in [-0.3, -0.25) is 9.59 Å². The lowest BCUT2D eigenvalue weighted by atomic mass is 10.0. The van der Waals surface area contributed by atoms with Gasteiger partial charge in [-0.15, -0.1) is 0 Å². The summed E-state index contributed by atoms with van der Waals surface area (Å²) >= 11 is 1.28. The molecule has 1 aliphatic heterocycles.